The summed E-state index contributed by atoms with van der Waals surface area (Å²) in [5.74, 6) is 0.799. The Morgan fingerprint density at radius 1 is 1.33 bits per heavy atom. The molecule has 3 unspecified atom stereocenters. The molecule has 0 spiro atoms. The highest BCUT2D eigenvalue weighted by atomic mass is 16.6. The van der Waals surface area contributed by atoms with Crippen LogP contribution in [-0.2, 0) is 16.0 Å². The van der Waals surface area contributed by atoms with Crippen LogP contribution >= 0.6 is 0 Å². The first kappa shape index (κ1) is 11.8. The molecular weight excluding hydrogens is 224 g/mol. The molecular formula is C16H20O2. The summed E-state index contributed by atoms with van der Waals surface area (Å²) in [6.07, 6.45) is 1.02. The van der Waals surface area contributed by atoms with Gasteiger partial charge in [-0.05, 0) is 51.2 Å². The molecule has 0 bridgehead atoms. The summed E-state index contributed by atoms with van der Waals surface area (Å²) in [5.41, 5.74) is 2.09. The van der Waals surface area contributed by atoms with E-state index in [9.17, 15) is 4.79 Å². The summed E-state index contributed by atoms with van der Waals surface area (Å²) < 4.78 is 5.58. The summed E-state index contributed by atoms with van der Waals surface area (Å²) >= 11 is 0. The van der Waals surface area contributed by atoms with Crippen molar-refractivity contribution < 1.29 is 9.53 Å². The van der Waals surface area contributed by atoms with Gasteiger partial charge in [-0.3, -0.25) is 4.79 Å². The highest BCUT2D eigenvalue weighted by molar-refractivity contribution is 5.84. The smallest absolute Gasteiger partial charge is 0.313 e. The molecule has 0 heterocycles. The predicted octanol–water partition coefficient (Wildman–Crippen LogP) is 3.30. The van der Waals surface area contributed by atoms with Gasteiger partial charge in [0.05, 0.1) is 5.41 Å². The fraction of sp³-hybridized carbons (Fsp3) is 0.562. The number of carbonyl (C=O) groups excluding carboxylic acids is 1. The van der Waals surface area contributed by atoms with Crippen molar-refractivity contribution in [3.8, 4) is 0 Å². The number of carbonyl (C=O) groups is 1. The quantitative estimate of drug-likeness (QED) is 0.708. The van der Waals surface area contributed by atoms with Crippen LogP contribution in [0, 0.1) is 11.3 Å². The first-order chi connectivity index (χ1) is 8.34. The van der Waals surface area contributed by atoms with Crippen molar-refractivity contribution in [3.05, 3.63) is 35.4 Å². The van der Waals surface area contributed by atoms with Crippen molar-refractivity contribution in [1.29, 1.82) is 0 Å². The van der Waals surface area contributed by atoms with Gasteiger partial charge in [0.1, 0.15) is 5.60 Å². The van der Waals surface area contributed by atoms with Crippen LogP contribution in [0.3, 0.4) is 0 Å². The maximum atomic E-state index is 12.3. The minimum Gasteiger partial charge on any atom is -0.460 e. The van der Waals surface area contributed by atoms with Gasteiger partial charge in [-0.25, -0.2) is 0 Å². The maximum absolute atomic E-state index is 12.3. The molecule has 2 nitrogen and oxygen atoms in total. The minimum absolute atomic E-state index is 0.0282. The van der Waals surface area contributed by atoms with Crippen LogP contribution in [0.5, 0.6) is 0 Å². The van der Waals surface area contributed by atoms with Crippen molar-refractivity contribution in [1.82, 2.24) is 0 Å². The molecule has 0 N–H and O–H groups in total. The molecule has 3 atom stereocenters. The van der Waals surface area contributed by atoms with E-state index in [1.54, 1.807) is 0 Å². The molecule has 2 aliphatic rings. The van der Waals surface area contributed by atoms with E-state index in [-0.39, 0.29) is 11.4 Å². The first-order valence-electron chi connectivity index (χ1n) is 6.65. The van der Waals surface area contributed by atoms with E-state index < -0.39 is 5.60 Å². The second-order valence-corrected chi connectivity index (χ2v) is 6.77. The number of esters is 1. The lowest BCUT2D eigenvalue weighted by Gasteiger charge is -2.24. The molecule has 96 valence electrons. The maximum Gasteiger partial charge on any atom is 0.313 e. The number of benzene rings is 1. The zero-order valence-electron chi connectivity index (χ0n) is 11.5. The molecule has 1 saturated carbocycles. The molecule has 18 heavy (non-hydrogen) atoms. The van der Waals surface area contributed by atoms with Gasteiger partial charge < -0.3 is 4.74 Å². The summed E-state index contributed by atoms with van der Waals surface area (Å²) in [5, 5.41) is 0. The average molecular weight is 244 g/mol. The average Bonchev–Trinajstić information content (AvgIpc) is 2.69. The van der Waals surface area contributed by atoms with Crippen LogP contribution in [0.25, 0.3) is 0 Å². The van der Waals surface area contributed by atoms with E-state index in [0.717, 1.165) is 6.42 Å². The van der Waals surface area contributed by atoms with Gasteiger partial charge in [-0.15, -0.1) is 0 Å². The Balaban J connectivity index is 1.84. The lowest BCUT2D eigenvalue weighted by molar-refractivity contribution is -0.162. The van der Waals surface area contributed by atoms with Gasteiger partial charge in [-0.2, -0.15) is 0 Å². The van der Waals surface area contributed by atoms with E-state index >= 15 is 0 Å². The summed E-state index contributed by atoms with van der Waals surface area (Å²) in [4.78, 5) is 12.3. The van der Waals surface area contributed by atoms with Gasteiger partial charge in [0, 0.05) is 5.92 Å². The molecule has 0 aliphatic heterocycles. The van der Waals surface area contributed by atoms with E-state index in [1.165, 1.54) is 11.1 Å². The monoisotopic (exact) mass is 244 g/mol. The van der Waals surface area contributed by atoms with Crippen molar-refractivity contribution >= 4 is 5.97 Å². The first-order valence-corrected chi connectivity index (χ1v) is 6.65. The van der Waals surface area contributed by atoms with Gasteiger partial charge in [0.15, 0.2) is 0 Å². The highest BCUT2D eigenvalue weighted by Gasteiger charge is 2.70. The van der Waals surface area contributed by atoms with E-state index in [1.807, 2.05) is 20.8 Å². The van der Waals surface area contributed by atoms with Crippen molar-refractivity contribution in [2.75, 3.05) is 0 Å². The zero-order valence-corrected chi connectivity index (χ0v) is 11.5. The third-order valence-corrected chi connectivity index (χ3v) is 4.38. The topological polar surface area (TPSA) is 26.3 Å². The van der Waals surface area contributed by atoms with Gasteiger partial charge in [-0.1, -0.05) is 24.3 Å². The second-order valence-electron chi connectivity index (χ2n) is 6.77. The number of rotatable bonds is 1. The Morgan fingerprint density at radius 2 is 2.00 bits per heavy atom. The lowest BCUT2D eigenvalue weighted by Crippen LogP contribution is -2.30. The van der Waals surface area contributed by atoms with Crippen LogP contribution in [0.2, 0.25) is 0 Å². The normalized spacial score (nSPS) is 32.7. The molecule has 3 rings (SSSR count). The molecule has 1 aromatic carbocycles. The molecule has 2 heteroatoms. The number of hydrogen-bond acceptors (Lipinski definition) is 2. The molecule has 2 aliphatic carbocycles. The molecule has 0 saturated heterocycles. The lowest BCUT2D eigenvalue weighted by atomic mass is 9.93. The van der Waals surface area contributed by atoms with Crippen LogP contribution in [-0.4, -0.2) is 11.6 Å². The van der Waals surface area contributed by atoms with Crippen LogP contribution in [0.4, 0.5) is 0 Å². The Labute approximate surface area is 108 Å². The zero-order chi connectivity index (χ0) is 13.1. The summed E-state index contributed by atoms with van der Waals surface area (Å²) in [6.45, 7) is 7.85. The van der Waals surface area contributed by atoms with Crippen molar-refractivity contribution in [3.63, 3.8) is 0 Å². The fourth-order valence-corrected chi connectivity index (χ4v) is 3.40. The van der Waals surface area contributed by atoms with E-state index in [0.29, 0.717) is 11.8 Å². The molecule has 0 amide bonds. The largest absolute Gasteiger partial charge is 0.460 e. The van der Waals surface area contributed by atoms with Crippen LogP contribution in [0.1, 0.15) is 44.7 Å². The Kier molecular flexibility index (Phi) is 2.20. The van der Waals surface area contributed by atoms with Crippen LogP contribution in [0.15, 0.2) is 24.3 Å². The van der Waals surface area contributed by atoms with Gasteiger partial charge >= 0.3 is 5.97 Å². The van der Waals surface area contributed by atoms with Crippen molar-refractivity contribution in [2.45, 2.75) is 45.6 Å². The molecule has 0 radical (unpaired) electrons. The standard InChI is InChI=1S/C16H20O2/c1-15(2,3)18-14(17)16(4)12-9-10-7-5-6-8-11(10)13(12)16/h5-8,12-13H,9H2,1-4H3. The van der Waals surface area contributed by atoms with Crippen LogP contribution < -0.4 is 0 Å². The highest BCUT2D eigenvalue weighted by Crippen LogP contribution is 2.70. The molecule has 1 aromatic rings. The van der Waals surface area contributed by atoms with E-state index in [4.69, 9.17) is 4.74 Å². The third kappa shape index (κ3) is 1.51. The predicted molar refractivity (Wildman–Crippen MR) is 70.3 cm³/mol. The summed E-state index contributed by atoms with van der Waals surface area (Å²) in [6, 6.07) is 8.48. The molecule has 1 fully saturated rings. The third-order valence-electron chi connectivity index (χ3n) is 4.38. The Bertz CT molecular complexity index is 512. The SMILES string of the molecule is CC(C)(C)OC(=O)C1(C)C2Cc3ccccc3C21. The molecule has 0 aromatic heterocycles. The Hall–Kier alpha value is -1.31. The van der Waals surface area contributed by atoms with Gasteiger partial charge in [0.25, 0.3) is 0 Å². The number of ether oxygens (including phenoxy) is 1. The summed E-state index contributed by atoms with van der Waals surface area (Å²) in [7, 11) is 0. The minimum atomic E-state index is -0.392. The van der Waals surface area contributed by atoms with Crippen molar-refractivity contribution in [2.24, 2.45) is 11.3 Å². The second kappa shape index (κ2) is 3.37. The van der Waals surface area contributed by atoms with Gasteiger partial charge in [0.2, 0.25) is 0 Å². The Morgan fingerprint density at radius 3 is 2.67 bits per heavy atom. The fourth-order valence-electron chi connectivity index (χ4n) is 3.40. The van der Waals surface area contributed by atoms with E-state index in [2.05, 4.69) is 31.2 Å². The number of fused-ring (bicyclic) bond motifs is 3. The number of hydrogen-bond donors (Lipinski definition) is 0.